The van der Waals surface area contributed by atoms with Gasteiger partial charge in [0, 0.05) is 30.3 Å². The van der Waals surface area contributed by atoms with Crippen molar-refractivity contribution in [1.29, 1.82) is 5.41 Å². The SMILES string of the molecule is C=C(CC(CC1CCCN1)c1nc2c(-c3cnc(CN)s3)cnn2c(N)c1C1CC1)C(N)=NC=N.CC. The third-order valence-electron chi connectivity index (χ3n) is 6.91. The first-order valence-electron chi connectivity index (χ1n) is 13.1. The average Bonchev–Trinajstić information content (AvgIpc) is 3.28. The van der Waals surface area contributed by atoms with Crippen LogP contribution in [0.15, 0.2) is 29.5 Å². The van der Waals surface area contributed by atoms with Crippen molar-refractivity contribution in [2.24, 2.45) is 16.5 Å². The predicted octanol–water partition coefficient (Wildman–Crippen LogP) is 3.93. The zero-order valence-electron chi connectivity index (χ0n) is 21.7. The number of nitrogens with one attached hydrogen (secondary N) is 2. The molecule has 3 aromatic heterocycles. The lowest BCUT2D eigenvalue weighted by molar-refractivity contribution is 0.481. The molecule has 4 heterocycles. The molecule has 1 saturated carbocycles. The van der Waals surface area contributed by atoms with Gasteiger partial charge in [-0.1, -0.05) is 20.4 Å². The maximum Gasteiger partial charge on any atom is 0.166 e. The molecule has 0 aromatic carbocycles. The summed E-state index contributed by atoms with van der Waals surface area (Å²) in [7, 11) is 0. The van der Waals surface area contributed by atoms with Crippen molar-refractivity contribution in [1.82, 2.24) is 24.9 Å². The summed E-state index contributed by atoms with van der Waals surface area (Å²) in [4.78, 5) is 14.6. The highest BCUT2D eigenvalue weighted by Gasteiger charge is 2.35. The van der Waals surface area contributed by atoms with E-state index in [1.54, 1.807) is 15.9 Å². The van der Waals surface area contributed by atoms with E-state index in [4.69, 9.17) is 27.6 Å². The number of hydrogen-bond acceptors (Lipinski definition) is 8. The molecule has 10 nitrogen and oxygen atoms in total. The number of nitrogens with two attached hydrogens (primary N) is 3. The van der Waals surface area contributed by atoms with Gasteiger partial charge in [0.25, 0.3) is 0 Å². The van der Waals surface area contributed by atoms with E-state index in [0.717, 1.165) is 70.9 Å². The van der Waals surface area contributed by atoms with Gasteiger partial charge in [0.15, 0.2) is 5.65 Å². The topological polar surface area (TPSA) is 169 Å². The molecular formula is C26H38N10S. The van der Waals surface area contributed by atoms with Crippen LogP contribution in [-0.2, 0) is 6.54 Å². The van der Waals surface area contributed by atoms with Crippen molar-refractivity contribution < 1.29 is 0 Å². The molecule has 198 valence electrons. The molecule has 0 radical (unpaired) electrons. The predicted molar refractivity (Wildman–Crippen MR) is 152 cm³/mol. The van der Waals surface area contributed by atoms with Gasteiger partial charge in [-0.2, -0.15) is 9.61 Å². The zero-order chi connectivity index (χ0) is 26.5. The van der Waals surface area contributed by atoms with Gasteiger partial charge in [-0.25, -0.2) is 15.0 Å². The van der Waals surface area contributed by atoms with E-state index in [-0.39, 0.29) is 11.8 Å². The number of anilines is 1. The Bertz CT molecular complexity index is 1280. The molecule has 2 aliphatic rings. The normalized spacial score (nSPS) is 18.5. The van der Waals surface area contributed by atoms with E-state index in [9.17, 15) is 0 Å². The highest BCUT2D eigenvalue weighted by molar-refractivity contribution is 7.15. The highest BCUT2D eigenvalue weighted by Crippen LogP contribution is 2.48. The van der Waals surface area contributed by atoms with Crippen molar-refractivity contribution in [2.45, 2.75) is 76.8 Å². The Hall–Kier alpha value is -3.15. The summed E-state index contributed by atoms with van der Waals surface area (Å²) < 4.78 is 1.76. The Morgan fingerprint density at radius 3 is 2.76 bits per heavy atom. The van der Waals surface area contributed by atoms with Crippen molar-refractivity contribution >= 4 is 35.0 Å². The van der Waals surface area contributed by atoms with Crippen molar-refractivity contribution in [3.8, 4) is 10.4 Å². The molecule has 8 N–H and O–H groups in total. The fourth-order valence-electron chi connectivity index (χ4n) is 5.01. The minimum absolute atomic E-state index is 0.0595. The fourth-order valence-corrected chi connectivity index (χ4v) is 5.81. The Labute approximate surface area is 222 Å². The van der Waals surface area contributed by atoms with Crippen LogP contribution in [0.1, 0.15) is 80.5 Å². The van der Waals surface area contributed by atoms with E-state index in [2.05, 4.69) is 27.0 Å². The highest BCUT2D eigenvalue weighted by atomic mass is 32.1. The Kier molecular flexibility index (Phi) is 8.67. The summed E-state index contributed by atoms with van der Waals surface area (Å²) in [6, 6.07) is 0.401. The van der Waals surface area contributed by atoms with Gasteiger partial charge in [-0.05, 0) is 56.6 Å². The van der Waals surface area contributed by atoms with Gasteiger partial charge in [0.1, 0.15) is 23.0 Å². The van der Waals surface area contributed by atoms with Crippen LogP contribution in [-0.4, -0.2) is 44.3 Å². The smallest absolute Gasteiger partial charge is 0.166 e. The van der Waals surface area contributed by atoms with Crippen LogP contribution in [0.2, 0.25) is 0 Å². The standard InChI is InChI=1S/C24H32N10S.C2H6/c1-13(22(27)31-12-26)7-15(8-16-3-2-6-29-16)21-20(14-4-5-14)23(28)34-24(33-21)17(10-32-34)18-11-30-19(9-25)35-18;1-2/h10-12,14-16,29H,1-9,25,28H2,(H3,26,27,31);1-2H3. The zero-order valence-corrected chi connectivity index (χ0v) is 22.5. The number of nitrogens with zero attached hydrogens (tertiary/aromatic N) is 5. The lowest BCUT2D eigenvalue weighted by atomic mass is 9.86. The summed E-state index contributed by atoms with van der Waals surface area (Å²) in [6.45, 7) is 9.61. The van der Waals surface area contributed by atoms with Crippen LogP contribution in [0, 0.1) is 5.41 Å². The lowest BCUT2D eigenvalue weighted by Gasteiger charge is -2.25. The molecule has 2 fully saturated rings. The molecule has 11 heteroatoms. The molecule has 2 unspecified atom stereocenters. The third kappa shape index (κ3) is 5.73. The average molecular weight is 523 g/mol. The van der Waals surface area contributed by atoms with Crippen molar-refractivity contribution in [3.63, 3.8) is 0 Å². The van der Waals surface area contributed by atoms with Crippen molar-refractivity contribution in [3.05, 3.63) is 40.8 Å². The number of thiazole rings is 1. The van der Waals surface area contributed by atoms with Gasteiger partial charge >= 0.3 is 0 Å². The van der Waals surface area contributed by atoms with E-state index in [0.29, 0.717) is 36.3 Å². The second-order valence-electron chi connectivity index (χ2n) is 9.36. The quantitative estimate of drug-likeness (QED) is 0.198. The minimum atomic E-state index is 0.0595. The number of fused-ring (bicyclic) bond motifs is 1. The summed E-state index contributed by atoms with van der Waals surface area (Å²) >= 11 is 1.55. The van der Waals surface area contributed by atoms with Gasteiger partial charge in [0.2, 0.25) is 0 Å². The third-order valence-corrected chi connectivity index (χ3v) is 7.96. The molecule has 3 aromatic rings. The first-order valence-corrected chi connectivity index (χ1v) is 13.9. The summed E-state index contributed by atoms with van der Waals surface area (Å²) in [5.74, 6) is 1.39. The maximum atomic E-state index is 7.28. The molecule has 0 amide bonds. The number of aromatic nitrogens is 4. The number of aliphatic imine (C=N–C) groups is 1. The van der Waals surface area contributed by atoms with Crippen LogP contribution in [0.5, 0.6) is 0 Å². The van der Waals surface area contributed by atoms with Crippen LogP contribution in [0.25, 0.3) is 16.1 Å². The summed E-state index contributed by atoms with van der Waals surface area (Å²) in [5.41, 5.74) is 23.1. The van der Waals surface area contributed by atoms with Crippen LogP contribution in [0.3, 0.4) is 0 Å². The number of rotatable bonds is 10. The maximum absolute atomic E-state index is 7.28. The molecule has 5 rings (SSSR count). The fraction of sp³-hybridized carbons (Fsp3) is 0.500. The first-order chi connectivity index (χ1) is 18.0. The molecule has 2 atom stereocenters. The molecule has 0 spiro atoms. The van der Waals surface area contributed by atoms with E-state index >= 15 is 0 Å². The van der Waals surface area contributed by atoms with Crippen LogP contribution >= 0.6 is 11.3 Å². The van der Waals surface area contributed by atoms with E-state index in [1.807, 2.05) is 26.2 Å². The number of hydrogen-bond donors (Lipinski definition) is 5. The van der Waals surface area contributed by atoms with Gasteiger partial charge in [-0.15, -0.1) is 11.3 Å². The summed E-state index contributed by atoms with van der Waals surface area (Å²) in [5, 5.41) is 16.4. The molecule has 1 aliphatic carbocycles. The van der Waals surface area contributed by atoms with E-state index in [1.165, 1.54) is 6.42 Å². The van der Waals surface area contributed by atoms with Crippen LogP contribution in [0.4, 0.5) is 5.82 Å². The monoisotopic (exact) mass is 522 g/mol. The Morgan fingerprint density at radius 2 is 2.14 bits per heavy atom. The molecule has 0 bridgehead atoms. The molecule has 1 aliphatic heterocycles. The molecule has 37 heavy (non-hydrogen) atoms. The van der Waals surface area contributed by atoms with Gasteiger partial charge in [0.05, 0.1) is 22.3 Å². The van der Waals surface area contributed by atoms with Gasteiger partial charge < -0.3 is 22.5 Å². The Morgan fingerprint density at radius 1 is 1.35 bits per heavy atom. The Balaban J connectivity index is 0.00000156. The molecule has 1 saturated heterocycles. The largest absolute Gasteiger partial charge is 0.383 e. The van der Waals surface area contributed by atoms with E-state index < -0.39 is 0 Å². The minimum Gasteiger partial charge on any atom is -0.383 e. The summed E-state index contributed by atoms with van der Waals surface area (Å²) in [6.07, 6.45) is 10.6. The molecular weight excluding hydrogens is 484 g/mol. The van der Waals surface area contributed by atoms with Crippen molar-refractivity contribution in [2.75, 3.05) is 12.3 Å². The second kappa shape index (κ2) is 11.9. The second-order valence-corrected chi connectivity index (χ2v) is 10.5. The van der Waals surface area contributed by atoms with Gasteiger partial charge in [-0.3, -0.25) is 5.41 Å². The van der Waals surface area contributed by atoms with Crippen LogP contribution < -0.4 is 22.5 Å². The number of nitrogen functional groups attached to an aromatic ring is 1. The first kappa shape index (κ1) is 26.9. The number of amidine groups is 1. The lowest BCUT2D eigenvalue weighted by Crippen LogP contribution is -2.26.